The van der Waals surface area contributed by atoms with Crippen LogP contribution in [0.5, 0.6) is 0 Å². The molecule has 0 aromatic heterocycles. The quantitative estimate of drug-likeness (QED) is 0.773. The van der Waals surface area contributed by atoms with Gasteiger partial charge < -0.3 is 0 Å². The van der Waals surface area contributed by atoms with Crippen molar-refractivity contribution in [1.29, 1.82) is 0 Å². The average Bonchev–Trinajstić information content (AvgIpc) is 2.37. The van der Waals surface area contributed by atoms with Gasteiger partial charge in [-0.25, -0.2) is 13.2 Å². The molecule has 0 saturated carbocycles. The van der Waals surface area contributed by atoms with Crippen LogP contribution in [-0.4, -0.2) is 5.78 Å². The van der Waals surface area contributed by atoms with E-state index in [0.717, 1.165) is 18.2 Å². The van der Waals surface area contributed by atoms with Gasteiger partial charge in [-0.2, -0.15) is 0 Å². The van der Waals surface area contributed by atoms with Gasteiger partial charge in [0, 0.05) is 11.4 Å². The number of ketones is 1. The molecule has 2 aromatic carbocycles. The fourth-order valence-corrected chi connectivity index (χ4v) is 1.85. The molecule has 0 spiro atoms. The normalized spacial score (nSPS) is 10.5. The zero-order valence-corrected chi connectivity index (χ0v) is 10.3. The van der Waals surface area contributed by atoms with Gasteiger partial charge in [-0.15, -0.1) is 0 Å². The van der Waals surface area contributed by atoms with E-state index in [-0.39, 0.29) is 22.6 Å². The van der Waals surface area contributed by atoms with Gasteiger partial charge in [-0.1, -0.05) is 17.7 Å². The third-order valence-corrected chi connectivity index (χ3v) is 2.98. The molecule has 0 heterocycles. The largest absolute Gasteiger partial charge is 0.294 e. The summed E-state index contributed by atoms with van der Waals surface area (Å²) in [5.41, 5.74) is -0.143. The van der Waals surface area contributed by atoms with Gasteiger partial charge in [0.2, 0.25) is 0 Å². The van der Waals surface area contributed by atoms with E-state index in [1.54, 1.807) is 0 Å². The van der Waals surface area contributed by atoms with Crippen molar-refractivity contribution in [2.24, 2.45) is 0 Å². The molecule has 1 nitrogen and oxygen atoms in total. The molecular weight excluding hydrogens is 277 g/mol. The average molecular weight is 285 g/mol. The number of hydrogen-bond acceptors (Lipinski definition) is 1. The Morgan fingerprint density at radius 1 is 1.11 bits per heavy atom. The Bertz CT molecular complexity index is 641. The summed E-state index contributed by atoms with van der Waals surface area (Å²) >= 11 is 5.81. The smallest absolute Gasteiger partial charge is 0.170 e. The minimum absolute atomic E-state index is 0.201. The molecule has 0 aliphatic carbocycles. The Kier molecular flexibility index (Phi) is 3.90. The summed E-state index contributed by atoms with van der Waals surface area (Å²) < 4.78 is 39.5. The maximum Gasteiger partial charge on any atom is 0.170 e. The lowest BCUT2D eigenvalue weighted by Gasteiger charge is -2.05. The van der Waals surface area contributed by atoms with Crippen LogP contribution in [0.15, 0.2) is 36.4 Å². The van der Waals surface area contributed by atoms with E-state index in [4.69, 9.17) is 11.6 Å². The summed E-state index contributed by atoms with van der Waals surface area (Å²) in [7, 11) is 0. The molecule has 5 heteroatoms. The predicted octanol–water partition coefficient (Wildman–Crippen LogP) is 4.18. The number of hydrogen-bond donors (Lipinski definition) is 0. The van der Waals surface area contributed by atoms with Crippen molar-refractivity contribution < 1.29 is 18.0 Å². The molecule has 0 aliphatic heterocycles. The zero-order valence-electron chi connectivity index (χ0n) is 9.59. The summed E-state index contributed by atoms with van der Waals surface area (Å²) in [4.78, 5) is 11.9. The highest BCUT2D eigenvalue weighted by Gasteiger charge is 2.16. The molecule has 0 fully saturated rings. The van der Waals surface area contributed by atoms with Gasteiger partial charge in [0.05, 0.1) is 5.56 Å². The molecule has 0 radical (unpaired) electrons. The number of halogens is 4. The van der Waals surface area contributed by atoms with Crippen LogP contribution in [0.3, 0.4) is 0 Å². The minimum atomic E-state index is -1.21. The van der Waals surface area contributed by atoms with Crippen LogP contribution in [0, 0.1) is 17.5 Å². The van der Waals surface area contributed by atoms with Crippen molar-refractivity contribution in [3.8, 4) is 0 Å². The molecule has 2 aromatic rings. The second-order valence-electron chi connectivity index (χ2n) is 3.94. The lowest BCUT2D eigenvalue weighted by Crippen LogP contribution is -2.08. The third-order valence-electron chi connectivity index (χ3n) is 2.61. The Morgan fingerprint density at radius 3 is 2.58 bits per heavy atom. The van der Waals surface area contributed by atoms with E-state index in [0.29, 0.717) is 0 Å². The van der Waals surface area contributed by atoms with E-state index in [1.165, 1.54) is 18.2 Å². The van der Waals surface area contributed by atoms with Crippen molar-refractivity contribution in [3.63, 3.8) is 0 Å². The lowest BCUT2D eigenvalue weighted by molar-refractivity contribution is 0.0988. The second-order valence-corrected chi connectivity index (χ2v) is 4.34. The van der Waals surface area contributed by atoms with Crippen LogP contribution in [-0.2, 0) is 6.42 Å². The van der Waals surface area contributed by atoms with Crippen LogP contribution < -0.4 is 0 Å². The molecule has 0 unspecified atom stereocenters. The van der Waals surface area contributed by atoms with Crippen LogP contribution >= 0.6 is 11.6 Å². The van der Waals surface area contributed by atoms with Crippen molar-refractivity contribution in [3.05, 3.63) is 70.0 Å². The van der Waals surface area contributed by atoms with Gasteiger partial charge in [0.15, 0.2) is 17.4 Å². The van der Waals surface area contributed by atoms with Gasteiger partial charge in [0.1, 0.15) is 5.82 Å². The summed E-state index contributed by atoms with van der Waals surface area (Å²) in [5.74, 6) is -3.52. The Hall–Kier alpha value is -1.81. The first-order valence-corrected chi connectivity index (χ1v) is 5.78. The molecule has 0 amide bonds. The van der Waals surface area contributed by atoms with Crippen LogP contribution in [0.2, 0.25) is 5.02 Å². The molecule has 2 rings (SSSR count). The Balaban J connectivity index is 2.31. The van der Waals surface area contributed by atoms with Gasteiger partial charge >= 0.3 is 0 Å². The minimum Gasteiger partial charge on any atom is -0.294 e. The first-order chi connectivity index (χ1) is 8.99. The third kappa shape index (κ3) is 2.96. The highest BCUT2D eigenvalue weighted by molar-refractivity contribution is 6.31. The zero-order chi connectivity index (χ0) is 14.0. The van der Waals surface area contributed by atoms with Gasteiger partial charge in [-0.05, 0) is 35.9 Å². The maximum atomic E-state index is 13.4. The SMILES string of the molecule is O=C(Cc1cc(F)ccc1Cl)c1cccc(F)c1F. The molecule has 0 saturated heterocycles. The van der Waals surface area contributed by atoms with Crippen molar-refractivity contribution in [2.75, 3.05) is 0 Å². The molecule has 0 N–H and O–H groups in total. The van der Waals surface area contributed by atoms with E-state index in [2.05, 4.69) is 0 Å². The Labute approximate surface area is 112 Å². The van der Waals surface area contributed by atoms with Crippen LogP contribution in [0.25, 0.3) is 0 Å². The molecule has 98 valence electrons. The summed E-state index contributed by atoms with van der Waals surface area (Å²) in [5, 5.41) is 0.201. The molecule has 0 bridgehead atoms. The first-order valence-electron chi connectivity index (χ1n) is 5.40. The molecular formula is C14H8ClF3O. The fraction of sp³-hybridized carbons (Fsp3) is 0.0714. The highest BCUT2D eigenvalue weighted by atomic mass is 35.5. The lowest BCUT2D eigenvalue weighted by atomic mass is 10.0. The number of Topliss-reactive ketones (excluding diaryl/α,β-unsaturated/α-hetero) is 1. The number of carbonyl (C=O) groups is 1. The Morgan fingerprint density at radius 2 is 1.84 bits per heavy atom. The number of carbonyl (C=O) groups excluding carboxylic acids is 1. The number of rotatable bonds is 3. The standard InChI is InChI=1S/C14H8ClF3O/c15-11-5-4-9(16)6-8(11)7-13(19)10-2-1-3-12(17)14(10)18/h1-6H,7H2. The monoisotopic (exact) mass is 284 g/mol. The number of benzene rings is 2. The first kappa shape index (κ1) is 13.6. The summed E-state index contributed by atoms with van der Waals surface area (Å²) in [6.07, 6.45) is -0.295. The fourth-order valence-electron chi connectivity index (χ4n) is 1.67. The van der Waals surface area contributed by atoms with Crippen LogP contribution in [0.1, 0.15) is 15.9 Å². The summed E-state index contributed by atoms with van der Waals surface area (Å²) in [6.45, 7) is 0. The molecule has 0 atom stereocenters. The van der Waals surface area contributed by atoms with E-state index < -0.39 is 23.2 Å². The van der Waals surface area contributed by atoms with Crippen molar-refractivity contribution >= 4 is 17.4 Å². The van der Waals surface area contributed by atoms with Crippen molar-refractivity contribution in [2.45, 2.75) is 6.42 Å². The molecule has 19 heavy (non-hydrogen) atoms. The van der Waals surface area contributed by atoms with Gasteiger partial charge in [0.25, 0.3) is 0 Å². The van der Waals surface area contributed by atoms with Crippen molar-refractivity contribution in [1.82, 2.24) is 0 Å². The van der Waals surface area contributed by atoms with Crippen LogP contribution in [0.4, 0.5) is 13.2 Å². The van der Waals surface area contributed by atoms with E-state index >= 15 is 0 Å². The van der Waals surface area contributed by atoms with Gasteiger partial charge in [-0.3, -0.25) is 4.79 Å². The maximum absolute atomic E-state index is 13.4. The molecule has 0 aliphatic rings. The van der Waals surface area contributed by atoms with E-state index in [1.807, 2.05) is 0 Å². The summed E-state index contributed by atoms with van der Waals surface area (Å²) in [6, 6.07) is 6.88. The predicted molar refractivity (Wildman–Crippen MR) is 65.8 cm³/mol. The topological polar surface area (TPSA) is 17.1 Å². The highest BCUT2D eigenvalue weighted by Crippen LogP contribution is 2.20. The second kappa shape index (κ2) is 5.45. The van der Waals surface area contributed by atoms with E-state index in [9.17, 15) is 18.0 Å².